The number of hydrogen-bond acceptors (Lipinski definition) is 8. The summed E-state index contributed by atoms with van der Waals surface area (Å²) in [6.07, 6.45) is -1.33. The van der Waals surface area contributed by atoms with E-state index in [-0.39, 0.29) is 18.1 Å². The zero-order valence-electron chi connectivity index (χ0n) is 14.2. The van der Waals surface area contributed by atoms with E-state index in [0.717, 1.165) is 0 Å². The zero-order chi connectivity index (χ0) is 18.6. The number of hydrogen-bond donors (Lipinski definition) is 1. The highest BCUT2D eigenvalue weighted by Gasteiger charge is 2.66. The number of carbonyl (C=O) groups is 2. The molecule has 4 rings (SSSR count). The van der Waals surface area contributed by atoms with Gasteiger partial charge in [-0.2, -0.15) is 0 Å². The van der Waals surface area contributed by atoms with Gasteiger partial charge in [0.05, 0.1) is 30.7 Å². The van der Waals surface area contributed by atoms with Crippen LogP contribution in [0.15, 0.2) is 24.3 Å². The van der Waals surface area contributed by atoms with E-state index in [0.29, 0.717) is 5.56 Å². The van der Waals surface area contributed by atoms with Crippen molar-refractivity contribution >= 4 is 17.4 Å². The molecule has 3 aliphatic heterocycles. The van der Waals surface area contributed by atoms with Gasteiger partial charge in [-0.1, -0.05) is 12.1 Å². The van der Waals surface area contributed by atoms with Gasteiger partial charge in [0.2, 0.25) is 6.29 Å². The van der Waals surface area contributed by atoms with E-state index < -0.39 is 46.7 Å². The normalized spacial score (nSPS) is 38.1. The highest BCUT2D eigenvalue weighted by molar-refractivity contribution is 5.91. The van der Waals surface area contributed by atoms with Crippen molar-refractivity contribution < 1.29 is 28.7 Å². The summed E-state index contributed by atoms with van der Waals surface area (Å²) in [5, 5.41) is 14.1. The zero-order valence-corrected chi connectivity index (χ0v) is 14.2. The van der Waals surface area contributed by atoms with Crippen molar-refractivity contribution in [3.8, 4) is 0 Å². The van der Waals surface area contributed by atoms with Gasteiger partial charge in [0.25, 0.3) is 5.69 Å². The Morgan fingerprint density at radius 2 is 2.08 bits per heavy atom. The Kier molecular flexibility index (Phi) is 3.83. The predicted molar refractivity (Wildman–Crippen MR) is 86.0 cm³/mol. The molecule has 3 heterocycles. The summed E-state index contributed by atoms with van der Waals surface area (Å²) in [4.78, 5) is 35.8. The van der Waals surface area contributed by atoms with Crippen LogP contribution in [0.3, 0.4) is 0 Å². The maximum Gasteiger partial charge on any atom is 0.326 e. The summed E-state index contributed by atoms with van der Waals surface area (Å²) in [7, 11) is 1.29. The van der Waals surface area contributed by atoms with Crippen LogP contribution in [-0.2, 0) is 23.8 Å². The highest BCUT2D eigenvalue weighted by atomic mass is 16.7. The van der Waals surface area contributed by atoms with Crippen LogP contribution in [0.5, 0.6) is 0 Å². The summed E-state index contributed by atoms with van der Waals surface area (Å²) in [6.45, 7) is 1.93. The summed E-state index contributed by atoms with van der Waals surface area (Å²) >= 11 is 0. The maximum absolute atomic E-state index is 12.9. The molecule has 0 unspecified atom stereocenters. The average molecular weight is 362 g/mol. The quantitative estimate of drug-likeness (QED) is 0.475. The number of carbonyl (C=O) groups excluding carboxylic acids is 2. The minimum absolute atomic E-state index is 0.0410. The summed E-state index contributed by atoms with van der Waals surface area (Å²) in [5.41, 5.74) is -0.487. The molecule has 9 nitrogen and oxygen atoms in total. The van der Waals surface area contributed by atoms with Crippen molar-refractivity contribution in [2.75, 3.05) is 13.7 Å². The Balaban J connectivity index is 1.76. The molecule has 0 aromatic heterocycles. The standard InChI is InChI=1S/C17H18N2O7/c1-17(16(21)24-2)12-10-7-25-15(26-10)14(20)11(12)13(18-17)8-3-5-9(6-4-8)19(22)23/h3-6,10-13,15,18H,7H2,1-2H3/t10-,11+,12-,13-,15-,17+/m1/s1. The van der Waals surface area contributed by atoms with E-state index in [4.69, 9.17) is 14.2 Å². The average Bonchev–Trinajstić information content (AvgIpc) is 3.20. The summed E-state index contributed by atoms with van der Waals surface area (Å²) in [5.74, 6) is -1.72. The van der Waals surface area contributed by atoms with Crippen molar-refractivity contribution in [3.05, 3.63) is 39.9 Å². The lowest BCUT2D eigenvalue weighted by Crippen LogP contribution is -2.56. The van der Waals surface area contributed by atoms with Crippen LogP contribution in [-0.4, -0.2) is 48.3 Å². The molecule has 0 spiro atoms. The first kappa shape index (κ1) is 17.1. The van der Waals surface area contributed by atoms with Crippen LogP contribution >= 0.6 is 0 Å². The fraction of sp³-hybridized carbons (Fsp3) is 0.529. The molecule has 3 fully saturated rings. The second kappa shape index (κ2) is 5.83. The van der Waals surface area contributed by atoms with Crippen LogP contribution in [0, 0.1) is 22.0 Å². The molecular formula is C17H18N2O7. The third kappa shape index (κ3) is 2.28. The molecule has 138 valence electrons. The number of rotatable bonds is 3. The molecule has 0 amide bonds. The number of ketones is 1. The number of Topliss-reactive ketones (excluding diaryl/α,β-unsaturated/α-hetero) is 1. The number of benzene rings is 1. The first-order valence-electron chi connectivity index (χ1n) is 8.28. The molecule has 1 aromatic carbocycles. The van der Waals surface area contributed by atoms with Gasteiger partial charge in [-0.25, -0.2) is 0 Å². The second-order valence-electron chi connectivity index (χ2n) is 6.96. The third-order valence-corrected chi connectivity index (χ3v) is 5.61. The number of fused-ring (bicyclic) bond motifs is 4. The van der Waals surface area contributed by atoms with Gasteiger partial charge in [0, 0.05) is 24.1 Å². The Morgan fingerprint density at radius 3 is 2.69 bits per heavy atom. The van der Waals surface area contributed by atoms with Gasteiger partial charge < -0.3 is 14.2 Å². The topological polar surface area (TPSA) is 117 Å². The second-order valence-corrected chi connectivity index (χ2v) is 6.96. The molecule has 6 atom stereocenters. The van der Waals surface area contributed by atoms with Crippen molar-refractivity contribution in [3.63, 3.8) is 0 Å². The number of methoxy groups -OCH3 is 1. The Bertz CT molecular complexity index is 780. The van der Waals surface area contributed by atoms with E-state index in [1.54, 1.807) is 19.1 Å². The van der Waals surface area contributed by atoms with Crippen molar-refractivity contribution in [1.82, 2.24) is 5.32 Å². The van der Waals surface area contributed by atoms with Crippen molar-refractivity contribution in [1.29, 1.82) is 0 Å². The Morgan fingerprint density at radius 1 is 1.38 bits per heavy atom. The Hall–Kier alpha value is -2.36. The number of non-ortho nitro benzene ring substituents is 1. The van der Waals surface area contributed by atoms with Gasteiger partial charge in [-0.3, -0.25) is 25.0 Å². The minimum atomic E-state index is -1.13. The molecule has 1 aromatic rings. The maximum atomic E-state index is 12.9. The fourth-order valence-corrected chi connectivity index (χ4v) is 4.44. The van der Waals surface area contributed by atoms with E-state index >= 15 is 0 Å². The van der Waals surface area contributed by atoms with E-state index in [2.05, 4.69) is 5.32 Å². The van der Waals surface area contributed by atoms with Crippen LogP contribution in [0.4, 0.5) is 5.69 Å². The smallest absolute Gasteiger partial charge is 0.326 e. The van der Waals surface area contributed by atoms with Gasteiger partial charge >= 0.3 is 5.97 Å². The van der Waals surface area contributed by atoms with E-state index in [1.807, 2.05) is 0 Å². The first-order chi connectivity index (χ1) is 12.4. The van der Waals surface area contributed by atoms with E-state index in [9.17, 15) is 19.7 Å². The molecule has 1 N–H and O–H groups in total. The van der Waals surface area contributed by atoms with Gasteiger partial charge in [-0.15, -0.1) is 0 Å². The predicted octanol–water partition coefficient (Wildman–Crippen LogP) is 0.727. The minimum Gasteiger partial charge on any atom is -0.468 e. The van der Waals surface area contributed by atoms with Crippen LogP contribution in [0.1, 0.15) is 18.5 Å². The molecule has 26 heavy (non-hydrogen) atoms. The number of esters is 1. The monoisotopic (exact) mass is 362 g/mol. The van der Waals surface area contributed by atoms with Crippen LogP contribution in [0.25, 0.3) is 0 Å². The van der Waals surface area contributed by atoms with Gasteiger partial charge in [0.1, 0.15) is 5.54 Å². The molecular weight excluding hydrogens is 344 g/mol. The molecule has 0 radical (unpaired) electrons. The molecule has 0 aliphatic carbocycles. The highest BCUT2D eigenvalue weighted by Crippen LogP contribution is 2.51. The summed E-state index contributed by atoms with van der Waals surface area (Å²) in [6, 6.07) is 5.47. The lowest BCUT2D eigenvalue weighted by atomic mass is 9.72. The number of ether oxygens (including phenoxy) is 3. The largest absolute Gasteiger partial charge is 0.468 e. The van der Waals surface area contributed by atoms with Crippen LogP contribution in [0.2, 0.25) is 0 Å². The third-order valence-electron chi connectivity index (χ3n) is 5.61. The van der Waals surface area contributed by atoms with Gasteiger partial charge in [-0.05, 0) is 12.5 Å². The Labute approximate surface area is 148 Å². The lowest BCUT2D eigenvalue weighted by Gasteiger charge is -2.36. The molecule has 9 heteroatoms. The molecule has 3 saturated heterocycles. The SMILES string of the molecule is COC(=O)[C@@]1(C)N[C@H](c2ccc([N+](=O)[O-])cc2)[C@H]2C(=O)[C@@H]3OC[C@@H](O3)[C@H]21. The fourth-order valence-electron chi connectivity index (χ4n) is 4.44. The first-order valence-corrected chi connectivity index (χ1v) is 8.28. The number of nitrogens with one attached hydrogen (secondary N) is 1. The molecule has 2 bridgehead atoms. The number of nitrogens with zero attached hydrogens (tertiary/aromatic N) is 1. The van der Waals surface area contributed by atoms with Crippen molar-refractivity contribution in [2.24, 2.45) is 11.8 Å². The van der Waals surface area contributed by atoms with Gasteiger partial charge in [0.15, 0.2) is 5.78 Å². The van der Waals surface area contributed by atoms with Crippen molar-refractivity contribution in [2.45, 2.75) is 30.9 Å². The number of nitro benzene ring substituents is 1. The molecule has 0 saturated carbocycles. The number of nitro groups is 1. The van der Waals surface area contributed by atoms with Crippen LogP contribution < -0.4 is 5.32 Å². The summed E-state index contributed by atoms with van der Waals surface area (Å²) < 4.78 is 16.0. The van der Waals surface area contributed by atoms with E-state index in [1.165, 1.54) is 19.2 Å². The molecule has 3 aliphatic rings. The lowest BCUT2D eigenvalue weighted by molar-refractivity contribution is -0.384.